The van der Waals surface area contributed by atoms with Crippen molar-refractivity contribution in [2.24, 2.45) is 0 Å². The molecule has 2 aromatic rings. The van der Waals surface area contributed by atoms with Crippen molar-refractivity contribution in [1.82, 2.24) is 4.90 Å². The van der Waals surface area contributed by atoms with E-state index in [9.17, 15) is 5.11 Å². The Labute approximate surface area is 185 Å². The molecule has 2 nitrogen and oxygen atoms in total. The average molecular weight is 410 g/mol. The summed E-state index contributed by atoms with van der Waals surface area (Å²) in [4.78, 5) is 2.42. The van der Waals surface area contributed by atoms with E-state index in [1.807, 2.05) is 0 Å². The molecule has 0 aliphatic carbocycles. The van der Waals surface area contributed by atoms with Crippen LogP contribution in [0.25, 0.3) is 0 Å². The number of hydrogen-bond donors (Lipinski definition) is 1. The molecule has 0 radical (unpaired) electrons. The van der Waals surface area contributed by atoms with Crippen LogP contribution in [-0.2, 0) is 13.1 Å². The number of benzene rings is 2. The Morgan fingerprint density at radius 3 is 1.57 bits per heavy atom. The van der Waals surface area contributed by atoms with E-state index < -0.39 is 0 Å². The summed E-state index contributed by atoms with van der Waals surface area (Å²) in [5, 5.41) is 10.9. The summed E-state index contributed by atoms with van der Waals surface area (Å²) in [5.74, 6) is 0. The van der Waals surface area contributed by atoms with Crippen LogP contribution in [0.5, 0.6) is 0 Å². The molecule has 0 spiro atoms. The van der Waals surface area contributed by atoms with Crippen molar-refractivity contribution in [3.05, 3.63) is 71.8 Å². The number of aliphatic hydroxyl groups excluding tert-OH is 1. The number of rotatable bonds is 16. The minimum absolute atomic E-state index is 0.138. The van der Waals surface area contributed by atoms with Crippen LogP contribution < -0.4 is 0 Å². The van der Waals surface area contributed by atoms with Gasteiger partial charge in [0.05, 0.1) is 6.10 Å². The third kappa shape index (κ3) is 9.91. The second-order valence-electron chi connectivity index (χ2n) is 8.80. The van der Waals surface area contributed by atoms with Crippen molar-refractivity contribution < 1.29 is 5.11 Å². The maximum atomic E-state index is 10.9. The van der Waals surface area contributed by atoms with Crippen LogP contribution in [0, 0.1) is 0 Å². The van der Waals surface area contributed by atoms with Gasteiger partial charge in [-0.25, -0.2) is 0 Å². The SMILES string of the molecule is CCCCCCCCCCC[C@@H](O)[C@H](C)N(Cc1ccccc1)Cc1ccccc1. The maximum Gasteiger partial charge on any atom is 0.0693 e. The molecule has 2 heteroatoms. The van der Waals surface area contributed by atoms with Gasteiger partial charge in [-0.15, -0.1) is 0 Å². The third-order valence-corrected chi connectivity index (χ3v) is 6.19. The third-order valence-electron chi connectivity index (χ3n) is 6.19. The van der Waals surface area contributed by atoms with Crippen molar-refractivity contribution in [3.8, 4) is 0 Å². The highest BCUT2D eigenvalue weighted by atomic mass is 16.3. The first-order chi connectivity index (χ1) is 14.7. The Hall–Kier alpha value is -1.64. The Morgan fingerprint density at radius 2 is 1.10 bits per heavy atom. The van der Waals surface area contributed by atoms with Gasteiger partial charge in [0.25, 0.3) is 0 Å². The first-order valence-electron chi connectivity index (χ1n) is 12.2. The lowest BCUT2D eigenvalue weighted by molar-refractivity contribution is 0.0421. The summed E-state index contributed by atoms with van der Waals surface area (Å²) in [6.07, 6.45) is 12.5. The topological polar surface area (TPSA) is 23.5 Å². The molecule has 0 aromatic heterocycles. The van der Waals surface area contributed by atoms with Crippen molar-refractivity contribution >= 4 is 0 Å². The van der Waals surface area contributed by atoms with E-state index in [0.29, 0.717) is 0 Å². The lowest BCUT2D eigenvalue weighted by Crippen LogP contribution is -2.40. The van der Waals surface area contributed by atoms with Crippen molar-refractivity contribution in [1.29, 1.82) is 0 Å². The van der Waals surface area contributed by atoms with Gasteiger partial charge in [-0.3, -0.25) is 4.90 Å². The fraction of sp³-hybridized carbons (Fsp3) is 0.571. The van der Waals surface area contributed by atoms with Gasteiger partial charge in [-0.05, 0) is 24.5 Å². The monoisotopic (exact) mass is 409 g/mol. The molecule has 0 aliphatic heterocycles. The average Bonchev–Trinajstić information content (AvgIpc) is 2.78. The van der Waals surface area contributed by atoms with Crippen LogP contribution >= 0.6 is 0 Å². The molecule has 2 atom stereocenters. The molecule has 0 fully saturated rings. The number of nitrogens with zero attached hydrogens (tertiary/aromatic N) is 1. The van der Waals surface area contributed by atoms with Crippen LogP contribution in [0.1, 0.15) is 89.2 Å². The van der Waals surface area contributed by atoms with Gasteiger partial charge < -0.3 is 5.11 Å². The fourth-order valence-electron chi connectivity index (χ4n) is 4.13. The lowest BCUT2D eigenvalue weighted by Gasteiger charge is -2.32. The van der Waals surface area contributed by atoms with E-state index in [1.54, 1.807) is 0 Å². The van der Waals surface area contributed by atoms with E-state index in [2.05, 4.69) is 79.4 Å². The van der Waals surface area contributed by atoms with E-state index in [-0.39, 0.29) is 12.1 Å². The second-order valence-corrected chi connectivity index (χ2v) is 8.80. The molecule has 0 saturated heterocycles. The Bertz CT molecular complexity index is 601. The number of aliphatic hydroxyl groups is 1. The van der Waals surface area contributed by atoms with Gasteiger partial charge in [-0.1, -0.05) is 125 Å². The summed E-state index contributed by atoms with van der Waals surface area (Å²) < 4.78 is 0. The van der Waals surface area contributed by atoms with Crippen LogP contribution in [0.2, 0.25) is 0 Å². The fourth-order valence-corrected chi connectivity index (χ4v) is 4.13. The smallest absolute Gasteiger partial charge is 0.0693 e. The van der Waals surface area contributed by atoms with Gasteiger partial charge in [-0.2, -0.15) is 0 Å². The number of unbranched alkanes of at least 4 members (excludes halogenated alkanes) is 8. The molecule has 2 rings (SSSR count). The molecule has 0 amide bonds. The molecule has 1 N–H and O–H groups in total. The Kier molecular flexibility index (Phi) is 12.5. The van der Waals surface area contributed by atoms with Crippen LogP contribution in [0.15, 0.2) is 60.7 Å². The van der Waals surface area contributed by atoms with Gasteiger partial charge in [0.15, 0.2) is 0 Å². The van der Waals surface area contributed by atoms with Crippen LogP contribution in [0.3, 0.4) is 0 Å². The molecule has 0 aliphatic rings. The van der Waals surface area contributed by atoms with Gasteiger partial charge >= 0.3 is 0 Å². The minimum atomic E-state index is -0.276. The highest BCUT2D eigenvalue weighted by Crippen LogP contribution is 2.19. The molecule has 0 unspecified atom stereocenters. The van der Waals surface area contributed by atoms with E-state index >= 15 is 0 Å². The minimum Gasteiger partial charge on any atom is -0.392 e. The molecule has 0 saturated carbocycles. The summed E-state index contributed by atoms with van der Waals surface area (Å²) >= 11 is 0. The highest BCUT2D eigenvalue weighted by Gasteiger charge is 2.22. The van der Waals surface area contributed by atoms with Crippen molar-refractivity contribution in [2.75, 3.05) is 0 Å². The first-order valence-corrected chi connectivity index (χ1v) is 12.2. The zero-order chi connectivity index (χ0) is 21.4. The Morgan fingerprint density at radius 1 is 0.667 bits per heavy atom. The maximum absolute atomic E-state index is 10.9. The molecule has 0 bridgehead atoms. The van der Waals surface area contributed by atoms with E-state index in [0.717, 1.165) is 25.9 Å². The summed E-state index contributed by atoms with van der Waals surface area (Å²) in [5.41, 5.74) is 2.60. The predicted molar refractivity (Wildman–Crippen MR) is 129 cm³/mol. The zero-order valence-electron chi connectivity index (χ0n) is 19.3. The molecular weight excluding hydrogens is 366 g/mol. The normalized spacial score (nSPS) is 13.5. The highest BCUT2D eigenvalue weighted by molar-refractivity contribution is 5.17. The molecule has 30 heavy (non-hydrogen) atoms. The summed E-state index contributed by atoms with van der Waals surface area (Å²) in [7, 11) is 0. The molecule has 0 heterocycles. The molecule has 166 valence electrons. The largest absolute Gasteiger partial charge is 0.392 e. The summed E-state index contributed by atoms with van der Waals surface area (Å²) in [6.45, 7) is 6.19. The molecule has 2 aromatic carbocycles. The standard InChI is InChI=1S/C28H43NO/c1-3-4-5-6-7-8-9-10-17-22-28(30)25(2)29(23-26-18-13-11-14-19-26)24-27-20-15-12-16-21-27/h11-16,18-21,25,28,30H,3-10,17,22-24H2,1-2H3/t25-,28+/m0/s1. The van der Waals surface area contributed by atoms with E-state index in [4.69, 9.17) is 0 Å². The van der Waals surface area contributed by atoms with Crippen LogP contribution in [-0.4, -0.2) is 22.2 Å². The predicted octanol–water partition coefficient (Wildman–Crippen LogP) is 7.36. The van der Waals surface area contributed by atoms with Crippen LogP contribution in [0.4, 0.5) is 0 Å². The molecular formula is C28H43NO. The van der Waals surface area contributed by atoms with E-state index in [1.165, 1.54) is 62.5 Å². The zero-order valence-corrected chi connectivity index (χ0v) is 19.3. The second kappa shape index (κ2) is 15.2. The number of hydrogen-bond acceptors (Lipinski definition) is 2. The first kappa shape index (κ1) is 24.6. The summed E-state index contributed by atoms with van der Waals surface area (Å²) in [6, 6.07) is 21.4. The lowest BCUT2D eigenvalue weighted by atomic mass is 10.0. The van der Waals surface area contributed by atoms with Gasteiger partial charge in [0, 0.05) is 19.1 Å². The van der Waals surface area contributed by atoms with Crippen molar-refractivity contribution in [3.63, 3.8) is 0 Å². The van der Waals surface area contributed by atoms with Crippen molar-refractivity contribution in [2.45, 2.75) is 103 Å². The van der Waals surface area contributed by atoms with Gasteiger partial charge in [0.1, 0.15) is 0 Å². The van der Waals surface area contributed by atoms with Gasteiger partial charge in [0.2, 0.25) is 0 Å². The Balaban J connectivity index is 1.78. The quantitative estimate of drug-likeness (QED) is 0.293.